The number of carbonyl (C=O) groups excluding carboxylic acids is 1. The van der Waals surface area contributed by atoms with Gasteiger partial charge >= 0.3 is 5.97 Å². The molecule has 9 heteroatoms. The molecule has 1 aliphatic rings. The lowest BCUT2D eigenvalue weighted by atomic mass is 9.96. The molecule has 0 radical (unpaired) electrons. The molecule has 34 heavy (non-hydrogen) atoms. The Hall–Kier alpha value is -3.33. The first kappa shape index (κ1) is 23.8. The van der Waals surface area contributed by atoms with Crippen LogP contribution in [0.25, 0.3) is 0 Å². The molecule has 1 unspecified atom stereocenters. The number of esters is 1. The average molecular weight is 483 g/mol. The highest BCUT2D eigenvalue weighted by Gasteiger charge is 2.35. The minimum atomic E-state index is -0.501. The van der Waals surface area contributed by atoms with Gasteiger partial charge in [-0.3, -0.25) is 0 Å². The molecule has 1 aliphatic heterocycles. The minimum absolute atomic E-state index is 0.123. The van der Waals surface area contributed by atoms with Crippen LogP contribution in [0.5, 0.6) is 5.75 Å². The van der Waals surface area contributed by atoms with Crippen LogP contribution in [-0.4, -0.2) is 33.1 Å². The predicted octanol–water partition coefficient (Wildman–Crippen LogP) is 5.35. The highest BCUT2D eigenvalue weighted by atomic mass is 32.2. The van der Waals surface area contributed by atoms with Gasteiger partial charge in [0.2, 0.25) is 11.1 Å². The molecule has 0 saturated carbocycles. The summed E-state index contributed by atoms with van der Waals surface area (Å²) >= 11 is 1.57. The number of thioether (sulfide) groups is 1. The van der Waals surface area contributed by atoms with E-state index in [1.165, 1.54) is 6.07 Å². The molecule has 0 fully saturated rings. The van der Waals surface area contributed by atoms with Crippen molar-refractivity contribution >= 4 is 23.7 Å². The van der Waals surface area contributed by atoms with Gasteiger partial charge in [-0.1, -0.05) is 49.0 Å². The van der Waals surface area contributed by atoms with Crippen LogP contribution in [0.3, 0.4) is 0 Å². The fourth-order valence-electron chi connectivity index (χ4n) is 3.69. The largest absolute Gasteiger partial charge is 0.489 e. The Morgan fingerprint density at radius 1 is 1.18 bits per heavy atom. The van der Waals surface area contributed by atoms with Crippen LogP contribution < -0.4 is 10.1 Å². The predicted molar refractivity (Wildman–Crippen MR) is 129 cm³/mol. The van der Waals surface area contributed by atoms with Crippen molar-refractivity contribution in [2.24, 2.45) is 0 Å². The van der Waals surface area contributed by atoms with Crippen molar-refractivity contribution < 1.29 is 18.7 Å². The third-order valence-corrected chi connectivity index (χ3v) is 6.36. The van der Waals surface area contributed by atoms with Crippen LogP contribution in [0, 0.1) is 5.82 Å². The fraction of sp³-hybridized carbons (Fsp3) is 0.320. The van der Waals surface area contributed by atoms with E-state index in [0.717, 1.165) is 17.7 Å². The minimum Gasteiger partial charge on any atom is -0.489 e. The molecule has 7 nitrogen and oxygen atoms in total. The van der Waals surface area contributed by atoms with Gasteiger partial charge in [-0.25, -0.2) is 13.9 Å². The van der Waals surface area contributed by atoms with Gasteiger partial charge in [0, 0.05) is 17.0 Å². The van der Waals surface area contributed by atoms with Gasteiger partial charge < -0.3 is 14.8 Å². The molecule has 4 rings (SSSR count). The third kappa shape index (κ3) is 5.09. The number of benzene rings is 2. The Balaban J connectivity index is 1.63. The number of ether oxygens (including phenoxy) is 2. The third-order valence-electron chi connectivity index (χ3n) is 5.31. The van der Waals surface area contributed by atoms with Crippen LogP contribution in [0.4, 0.5) is 10.3 Å². The molecular weight excluding hydrogens is 455 g/mol. The van der Waals surface area contributed by atoms with Crippen molar-refractivity contribution in [3.8, 4) is 5.75 Å². The second kappa shape index (κ2) is 10.7. The summed E-state index contributed by atoms with van der Waals surface area (Å²) in [6.07, 6.45) is 1.01. The standard InChI is InChI=1S/C25H27FN4O3S/c1-4-14-34-25-28-24-27-16(3)21(23(31)32-5-2)22(30(24)29-25)17-10-12-19(13-11-17)33-15-18-8-6-7-9-20(18)26/h6-13,22H,4-5,14-15H2,1-3H3,(H,27,28,29). The number of halogens is 1. The van der Waals surface area contributed by atoms with E-state index in [4.69, 9.17) is 9.47 Å². The Kier molecular flexibility index (Phi) is 7.52. The number of hydrogen-bond acceptors (Lipinski definition) is 7. The summed E-state index contributed by atoms with van der Waals surface area (Å²) in [5, 5.41) is 8.52. The zero-order chi connectivity index (χ0) is 24.1. The highest BCUT2D eigenvalue weighted by Crippen LogP contribution is 2.37. The molecule has 1 aromatic heterocycles. The summed E-state index contributed by atoms with van der Waals surface area (Å²) in [4.78, 5) is 17.5. The van der Waals surface area contributed by atoms with Crippen molar-refractivity contribution in [1.82, 2.24) is 14.8 Å². The first-order chi connectivity index (χ1) is 16.5. The normalized spacial score (nSPS) is 15.0. The van der Waals surface area contributed by atoms with E-state index >= 15 is 0 Å². The first-order valence-electron chi connectivity index (χ1n) is 11.2. The lowest BCUT2D eigenvalue weighted by Gasteiger charge is -2.28. The molecular formula is C25H27FN4O3S. The fourth-order valence-corrected chi connectivity index (χ4v) is 4.37. The van der Waals surface area contributed by atoms with Gasteiger partial charge in [-0.2, -0.15) is 4.98 Å². The van der Waals surface area contributed by atoms with E-state index in [0.29, 0.717) is 33.7 Å². The van der Waals surface area contributed by atoms with E-state index in [9.17, 15) is 9.18 Å². The SMILES string of the molecule is CCCSc1nc2n(n1)C(c1ccc(OCc3ccccc3F)cc1)C(C(=O)OCC)=C(C)N2. The highest BCUT2D eigenvalue weighted by molar-refractivity contribution is 7.99. The van der Waals surface area contributed by atoms with Crippen molar-refractivity contribution in [3.63, 3.8) is 0 Å². The number of rotatable bonds is 9. The summed E-state index contributed by atoms with van der Waals surface area (Å²) in [5.74, 6) is 1.37. The van der Waals surface area contributed by atoms with Gasteiger partial charge in [0.15, 0.2) is 0 Å². The van der Waals surface area contributed by atoms with Crippen molar-refractivity contribution in [1.29, 1.82) is 0 Å². The number of nitrogens with zero attached hydrogens (tertiary/aromatic N) is 3. The van der Waals surface area contributed by atoms with Crippen LogP contribution in [-0.2, 0) is 16.1 Å². The molecule has 0 spiro atoms. The second-order valence-corrected chi connectivity index (χ2v) is 8.81. The molecule has 0 saturated heterocycles. The molecule has 2 heterocycles. The van der Waals surface area contributed by atoms with Gasteiger partial charge in [-0.05, 0) is 44.0 Å². The van der Waals surface area contributed by atoms with E-state index < -0.39 is 12.0 Å². The van der Waals surface area contributed by atoms with Gasteiger partial charge in [-0.15, -0.1) is 5.10 Å². The van der Waals surface area contributed by atoms with Crippen molar-refractivity contribution in [2.75, 3.05) is 17.7 Å². The molecule has 0 amide bonds. The summed E-state index contributed by atoms with van der Waals surface area (Å²) in [7, 11) is 0. The Morgan fingerprint density at radius 3 is 2.65 bits per heavy atom. The van der Waals surface area contributed by atoms with Crippen LogP contribution in [0.2, 0.25) is 0 Å². The van der Waals surface area contributed by atoms with E-state index in [2.05, 4.69) is 22.3 Å². The number of aromatic nitrogens is 3. The number of carbonyl (C=O) groups is 1. The summed E-state index contributed by atoms with van der Waals surface area (Å²) in [6.45, 7) is 6.11. The molecule has 2 aromatic carbocycles. The number of allylic oxidation sites excluding steroid dienone is 1. The Labute approximate surface area is 202 Å². The zero-order valence-electron chi connectivity index (χ0n) is 19.4. The quantitative estimate of drug-likeness (QED) is 0.325. The maximum absolute atomic E-state index is 13.9. The van der Waals surface area contributed by atoms with Gasteiger partial charge in [0.1, 0.15) is 24.2 Å². The maximum atomic E-state index is 13.9. The van der Waals surface area contributed by atoms with E-state index in [1.807, 2.05) is 19.1 Å². The number of anilines is 1. The van der Waals surface area contributed by atoms with Crippen molar-refractivity contribution in [2.45, 2.75) is 45.0 Å². The van der Waals surface area contributed by atoms with Crippen LogP contribution in [0.15, 0.2) is 65.0 Å². The molecule has 1 atom stereocenters. The lowest BCUT2D eigenvalue weighted by molar-refractivity contribution is -0.139. The first-order valence-corrected chi connectivity index (χ1v) is 12.2. The Bertz CT molecular complexity index is 1190. The smallest absolute Gasteiger partial charge is 0.338 e. The summed E-state index contributed by atoms with van der Waals surface area (Å²) in [5.41, 5.74) is 2.47. The van der Waals surface area contributed by atoms with Gasteiger partial charge in [0.25, 0.3) is 0 Å². The lowest BCUT2D eigenvalue weighted by Crippen LogP contribution is -2.29. The second-order valence-electron chi connectivity index (χ2n) is 7.75. The maximum Gasteiger partial charge on any atom is 0.338 e. The number of fused-ring (bicyclic) bond motifs is 1. The van der Waals surface area contributed by atoms with Crippen LogP contribution in [0.1, 0.15) is 44.4 Å². The van der Waals surface area contributed by atoms with Crippen molar-refractivity contribution in [3.05, 3.63) is 76.7 Å². The summed E-state index contributed by atoms with van der Waals surface area (Å²) in [6, 6.07) is 13.4. The monoisotopic (exact) mass is 482 g/mol. The van der Waals surface area contributed by atoms with Gasteiger partial charge in [0.05, 0.1) is 12.2 Å². The van der Waals surface area contributed by atoms with E-state index in [1.54, 1.807) is 53.7 Å². The average Bonchev–Trinajstić information content (AvgIpc) is 3.24. The molecule has 1 N–H and O–H groups in total. The molecule has 178 valence electrons. The molecule has 0 aliphatic carbocycles. The van der Waals surface area contributed by atoms with E-state index in [-0.39, 0.29) is 19.0 Å². The molecule has 3 aromatic rings. The topological polar surface area (TPSA) is 78.3 Å². The molecule has 0 bridgehead atoms. The number of nitrogens with one attached hydrogen (secondary N) is 1. The number of hydrogen-bond donors (Lipinski definition) is 1. The Morgan fingerprint density at radius 2 is 1.94 bits per heavy atom. The zero-order valence-corrected chi connectivity index (χ0v) is 20.2. The van der Waals surface area contributed by atoms with Crippen LogP contribution >= 0.6 is 11.8 Å². The summed E-state index contributed by atoms with van der Waals surface area (Å²) < 4.78 is 26.7.